The van der Waals surface area contributed by atoms with Gasteiger partial charge >= 0.3 is 0 Å². The van der Waals surface area contributed by atoms with Crippen LogP contribution in [-0.2, 0) is 0 Å². The molecule has 0 atom stereocenters. The summed E-state index contributed by atoms with van der Waals surface area (Å²) in [5, 5.41) is 6.32. The van der Waals surface area contributed by atoms with Crippen molar-refractivity contribution in [3.8, 4) is 17.2 Å². The number of aryl methyl sites for hydroxylation is 2. The lowest BCUT2D eigenvalue weighted by molar-refractivity contribution is 0.0974. The number of hydrogen-bond donors (Lipinski definition) is 2. The van der Waals surface area contributed by atoms with Crippen LogP contribution in [0.3, 0.4) is 0 Å². The van der Waals surface area contributed by atoms with E-state index >= 15 is 0 Å². The normalized spacial score (nSPS) is 10.8. The predicted molar refractivity (Wildman–Crippen MR) is 135 cm³/mol. The van der Waals surface area contributed by atoms with Crippen molar-refractivity contribution in [2.24, 2.45) is 0 Å². The highest BCUT2D eigenvalue weighted by atomic mass is 35.5. The molecule has 0 radical (unpaired) electrons. The van der Waals surface area contributed by atoms with E-state index in [9.17, 15) is 4.79 Å². The van der Waals surface area contributed by atoms with Gasteiger partial charge in [-0.1, -0.05) is 23.7 Å². The fourth-order valence-electron chi connectivity index (χ4n) is 3.68. The van der Waals surface area contributed by atoms with E-state index in [1.807, 2.05) is 45.0 Å². The maximum Gasteiger partial charge on any atom is 0.261 e. The molecule has 0 aliphatic carbocycles. The first kappa shape index (κ1) is 22.8. The SMILES string of the molecule is COc1ccc(Cl)cc1C(=O)NC(=S)Nc1cccc(-c2nc3cc(C)cc(C)c3o2)c1C. The lowest BCUT2D eigenvalue weighted by Crippen LogP contribution is -2.34. The first-order chi connectivity index (χ1) is 15.8. The number of benzene rings is 3. The monoisotopic (exact) mass is 479 g/mol. The summed E-state index contributed by atoms with van der Waals surface area (Å²) in [5.41, 5.74) is 6.49. The Balaban J connectivity index is 1.57. The molecule has 1 amide bonds. The maximum atomic E-state index is 12.7. The molecule has 1 aromatic heterocycles. The molecule has 4 aromatic rings. The van der Waals surface area contributed by atoms with E-state index in [0.717, 1.165) is 39.0 Å². The number of nitrogens with one attached hydrogen (secondary N) is 2. The molecule has 33 heavy (non-hydrogen) atoms. The Labute approximate surface area is 201 Å². The Morgan fingerprint density at radius 2 is 1.91 bits per heavy atom. The highest BCUT2D eigenvalue weighted by Gasteiger charge is 2.17. The smallest absolute Gasteiger partial charge is 0.261 e. The molecule has 2 N–H and O–H groups in total. The number of aromatic nitrogens is 1. The summed E-state index contributed by atoms with van der Waals surface area (Å²) in [4.78, 5) is 17.4. The van der Waals surface area contributed by atoms with E-state index in [0.29, 0.717) is 16.7 Å². The van der Waals surface area contributed by atoms with Crippen LogP contribution < -0.4 is 15.4 Å². The van der Waals surface area contributed by atoms with Crippen molar-refractivity contribution in [3.05, 3.63) is 75.8 Å². The molecule has 0 saturated heterocycles. The van der Waals surface area contributed by atoms with E-state index in [1.54, 1.807) is 12.1 Å². The number of amides is 1. The van der Waals surface area contributed by atoms with Gasteiger partial charge in [-0.15, -0.1) is 0 Å². The Hall–Kier alpha value is -3.42. The van der Waals surface area contributed by atoms with Crippen molar-refractivity contribution in [3.63, 3.8) is 0 Å². The van der Waals surface area contributed by atoms with E-state index in [-0.39, 0.29) is 10.7 Å². The van der Waals surface area contributed by atoms with Crippen LogP contribution in [0.15, 0.2) is 52.9 Å². The molecule has 6 nitrogen and oxygen atoms in total. The molecule has 0 fully saturated rings. The first-order valence-electron chi connectivity index (χ1n) is 10.2. The zero-order valence-corrected chi connectivity index (χ0v) is 20.1. The summed E-state index contributed by atoms with van der Waals surface area (Å²) in [6.45, 7) is 5.98. The van der Waals surface area contributed by atoms with E-state index in [4.69, 9.17) is 33.0 Å². The molecule has 1 heterocycles. The maximum absolute atomic E-state index is 12.7. The number of ether oxygens (including phenoxy) is 1. The Kier molecular flexibility index (Phi) is 6.35. The van der Waals surface area contributed by atoms with Crippen LogP contribution in [0, 0.1) is 20.8 Å². The van der Waals surface area contributed by atoms with E-state index < -0.39 is 5.91 Å². The summed E-state index contributed by atoms with van der Waals surface area (Å²) in [5.74, 6) is 0.503. The average Bonchev–Trinajstić information content (AvgIpc) is 3.19. The summed E-state index contributed by atoms with van der Waals surface area (Å²) in [6, 6.07) is 14.6. The lowest BCUT2D eigenvalue weighted by atomic mass is 10.1. The molecule has 4 rings (SSSR count). The van der Waals surface area contributed by atoms with Crippen LogP contribution in [0.1, 0.15) is 27.0 Å². The van der Waals surface area contributed by atoms with Gasteiger partial charge in [0.2, 0.25) is 5.89 Å². The molecule has 168 valence electrons. The number of rotatable bonds is 4. The van der Waals surface area contributed by atoms with Gasteiger partial charge in [-0.3, -0.25) is 10.1 Å². The minimum absolute atomic E-state index is 0.145. The quantitative estimate of drug-likeness (QED) is 0.339. The van der Waals surface area contributed by atoms with Gasteiger partial charge in [-0.25, -0.2) is 4.98 Å². The topological polar surface area (TPSA) is 76.4 Å². The number of carbonyl (C=O) groups excluding carboxylic acids is 1. The van der Waals surface area contributed by atoms with Gasteiger partial charge in [0.15, 0.2) is 10.7 Å². The predicted octanol–water partition coefficient (Wildman–Crippen LogP) is 6.21. The average molecular weight is 480 g/mol. The van der Waals surface area contributed by atoms with Gasteiger partial charge in [-0.05, 0) is 86.1 Å². The molecule has 3 aromatic carbocycles. The number of halogens is 1. The number of thiocarbonyl (C=S) groups is 1. The second-order valence-corrected chi connectivity index (χ2v) is 8.52. The zero-order valence-electron chi connectivity index (χ0n) is 18.6. The van der Waals surface area contributed by atoms with Crippen LogP contribution in [-0.4, -0.2) is 23.1 Å². The second-order valence-electron chi connectivity index (χ2n) is 7.68. The van der Waals surface area contributed by atoms with Crippen LogP contribution >= 0.6 is 23.8 Å². The Bertz CT molecular complexity index is 1400. The minimum Gasteiger partial charge on any atom is -0.496 e. The molecule has 0 spiro atoms. The summed E-state index contributed by atoms with van der Waals surface area (Å²) >= 11 is 11.4. The third-order valence-corrected chi connectivity index (χ3v) is 5.70. The lowest BCUT2D eigenvalue weighted by Gasteiger charge is -2.14. The molecular formula is C25H22ClN3O3S. The number of fused-ring (bicyclic) bond motifs is 1. The molecule has 0 aliphatic rings. The number of oxazole rings is 1. The van der Waals surface area contributed by atoms with Crippen molar-refractivity contribution in [1.29, 1.82) is 0 Å². The molecule has 0 unspecified atom stereocenters. The van der Waals surface area contributed by atoms with Crippen molar-refractivity contribution in [2.45, 2.75) is 20.8 Å². The summed E-state index contributed by atoms with van der Waals surface area (Å²) in [7, 11) is 1.49. The number of nitrogens with zero attached hydrogens (tertiary/aromatic N) is 1. The Morgan fingerprint density at radius 1 is 1.12 bits per heavy atom. The fourth-order valence-corrected chi connectivity index (χ4v) is 4.05. The second kappa shape index (κ2) is 9.21. The number of hydrogen-bond acceptors (Lipinski definition) is 5. The highest BCUT2D eigenvalue weighted by Crippen LogP contribution is 2.32. The molecule has 0 bridgehead atoms. The number of anilines is 1. The summed E-state index contributed by atoms with van der Waals surface area (Å²) in [6.07, 6.45) is 0. The van der Waals surface area contributed by atoms with Crippen LogP contribution in [0.2, 0.25) is 5.02 Å². The van der Waals surface area contributed by atoms with E-state index in [1.165, 1.54) is 13.2 Å². The van der Waals surface area contributed by atoms with Crippen molar-refractivity contribution < 1.29 is 13.9 Å². The van der Waals surface area contributed by atoms with Gasteiger partial charge in [0, 0.05) is 16.3 Å². The molecule has 0 aliphatic heterocycles. The Morgan fingerprint density at radius 3 is 2.67 bits per heavy atom. The third kappa shape index (κ3) is 4.69. The van der Waals surface area contributed by atoms with Gasteiger partial charge in [0.25, 0.3) is 5.91 Å². The van der Waals surface area contributed by atoms with E-state index in [2.05, 4.69) is 21.7 Å². The van der Waals surface area contributed by atoms with Crippen molar-refractivity contribution >= 4 is 51.6 Å². The van der Waals surface area contributed by atoms with Gasteiger partial charge in [0.1, 0.15) is 11.3 Å². The molecule has 0 saturated carbocycles. The first-order valence-corrected chi connectivity index (χ1v) is 11.0. The minimum atomic E-state index is -0.426. The standard InChI is InChI=1S/C25H22ClN3O3S/c1-13-10-14(2)22-20(11-13)27-24(32-22)17-6-5-7-19(15(17)3)28-25(33)29-23(30)18-12-16(26)8-9-21(18)31-4/h5-12H,1-4H3,(H2,28,29,30,33). The number of carbonyl (C=O) groups is 1. The highest BCUT2D eigenvalue weighted by molar-refractivity contribution is 7.80. The van der Waals surface area contributed by atoms with Crippen molar-refractivity contribution in [2.75, 3.05) is 12.4 Å². The van der Waals surface area contributed by atoms with Gasteiger partial charge < -0.3 is 14.5 Å². The zero-order chi connectivity index (χ0) is 23.7. The van der Waals surface area contributed by atoms with Crippen LogP contribution in [0.25, 0.3) is 22.6 Å². The fraction of sp³-hybridized carbons (Fsp3) is 0.160. The third-order valence-electron chi connectivity index (χ3n) is 5.27. The van der Waals surface area contributed by atoms with Crippen LogP contribution in [0.5, 0.6) is 5.75 Å². The number of methoxy groups -OCH3 is 1. The van der Waals surface area contributed by atoms with Crippen LogP contribution in [0.4, 0.5) is 5.69 Å². The van der Waals surface area contributed by atoms with Crippen molar-refractivity contribution in [1.82, 2.24) is 10.3 Å². The molecule has 8 heteroatoms. The summed E-state index contributed by atoms with van der Waals surface area (Å²) < 4.78 is 11.3. The largest absolute Gasteiger partial charge is 0.496 e. The van der Waals surface area contributed by atoms with Gasteiger partial charge in [-0.2, -0.15) is 0 Å². The molecular weight excluding hydrogens is 458 g/mol. The van der Waals surface area contributed by atoms with Gasteiger partial charge in [0.05, 0.1) is 12.7 Å².